The lowest BCUT2D eigenvalue weighted by Gasteiger charge is -2.58. The second-order valence-electron chi connectivity index (χ2n) is 13.6. The first-order valence-corrected chi connectivity index (χ1v) is 14.1. The molecule has 0 N–H and O–H groups in total. The molecule has 0 radical (unpaired) electrons. The maximum atomic E-state index is 2.88. The minimum atomic E-state index is 0.399. The minimum Gasteiger partial charge on any atom is -0.295 e. The highest BCUT2D eigenvalue weighted by atomic mass is 15.2. The quantitative estimate of drug-likeness (QED) is 0.464. The second-order valence-corrected chi connectivity index (χ2v) is 13.6. The molecular weight excluding hydrogens is 376 g/mol. The van der Waals surface area contributed by atoms with Crippen LogP contribution in [0.15, 0.2) is 0 Å². The van der Waals surface area contributed by atoms with E-state index in [1.165, 1.54) is 70.9 Å². The summed E-state index contributed by atoms with van der Waals surface area (Å²) in [5, 5.41) is 0. The zero-order valence-corrected chi connectivity index (χ0v) is 22.3. The van der Waals surface area contributed by atoms with Gasteiger partial charge < -0.3 is 0 Å². The predicted molar refractivity (Wildman–Crippen MR) is 134 cm³/mol. The highest BCUT2D eigenvalue weighted by Crippen LogP contribution is 2.51. The minimum absolute atomic E-state index is 0.399. The lowest BCUT2D eigenvalue weighted by molar-refractivity contribution is -0.0764. The summed E-state index contributed by atoms with van der Waals surface area (Å²) in [6, 6.07) is 1.71. The number of likely N-dealkylation sites (tertiary alicyclic amines) is 2. The summed E-state index contributed by atoms with van der Waals surface area (Å²) in [6.45, 7) is 22.4. The van der Waals surface area contributed by atoms with Crippen LogP contribution in [-0.4, -0.2) is 46.1 Å². The van der Waals surface area contributed by atoms with E-state index >= 15 is 0 Å². The van der Waals surface area contributed by atoms with E-state index in [1.54, 1.807) is 0 Å². The fraction of sp³-hybridized carbons (Fsp3) is 1.00. The SMILES string of the molecule is CCN1C2CCC(CC3CCC4C(C3)C(C)CC(C)(C)N4CC)CC2C(C)CC1(C)C. The van der Waals surface area contributed by atoms with Crippen LogP contribution in [0, 0.1) is 35.5 Å². The molecule has 2 heteroatoms. The summed E-state index contributed by atoms with van der Waals surface area (Å²) in [5.41, 5.74) is 0.799. The number of nitrogens with zero attached hydrogens (tertiary/aromatic N) is 2. The lowest BCUT2D eigenvalue weighted by atomic mass is 9.61. The summed E-state index contributed by atoms with van der Waals surface area (Å²) in [7, 11) is 0. The first kappa shape index (κ1) is 24.1. The van der Waals surface area contributed by atoms with Crippen LogP contribution in [0.1, 0.15) is 113 Å². The van der Waals surface area contributed by atoms with Gasteiger partial charge in [0.25, 0.3) is 0 Å². The van der Waals surface area contributed by atoms with Gasteiger partial charge in [-0.3, -0.25) is 9.80 Å². The van der Waals surface area contributed by atoms with Gasteiger partial charge in [0, 0.05) is 23.2 Å². The van der Waals surface area contributed by atoms with Crippen LogP contribution in [0.5, 0.6) is 0 Å². The maximum Gasteiger partial charge on any atom is 0.0158 e. The van der Waals surface area contributed by atoms with Gasteiger partial charge in [0.2, 0.25) is 0 Å². The fourth-order valence-electron chi connectivity index (χ4n) is 9.79. The van der Waals surface area contributed by atoms with Crippen LogP contribution in [0.4, 0.5) is 0 Å². The lowest BCUT2D eigenvalue weighted by Crippen LogP contribution is -2.60. The van der Waals surface area contributed by atoms with Gasteiger partial charge in [0.05, 0.1) is 0 Å². The van der Waals surface area contributed by atoms with Crippen molar-refractivity contribution >= 4 is 0 Å². The molecule has 4 aliphatic rings. The van der Waals surface area contributed by atoms with Crippen molar-refractivity contribution in [2.75, 3.05) is 13.1 Å². The summed E-state index contributed by atoms with van der Waals surface area (Å²) in [6.07, 6.45) is 13.3. The Balaban J connectivity index is 1.37. The van der Waals surface area contributed by atoms with Crippen molar-refractivity contribution in [2.24, 2.45) is 35.5 Å². The van der Waals surface area contributed by atoms with Gasteiger partial charge in [-0.05, 0) is 134 Å². The van der Waals surface area contributed by atoms with Crippen LogP contribution in [-0.2, 0) is 0 Å². The molecule has 0 amide bonds. The molecule has 8 atom stereocenters. The summed E-state index contributed by atoms with van der Waals surface area (Å²) in [4.78, 5) is 5.76. The summed E-state index contributed by atoms with van der Waals surface area (Å²) < 4.78 is 0. The van der Waals surface area contributed by atoms with Crippen LogP contribution < -0.4 is 0 Å². The maximum absolute atomic E-state index is 2.88. The predicted octanol–water partition coefficient (Wildman–Crippen LogP) is 7.23. The Morgan fingerprint density at radius 1 is 0.645 bits per heavy atom. The average Bonchev–Trinajstić information content (AvgIpc) is 2.68. The third kappa shape index (κ3) is 4.51. The molecule has 2 saturated heterocycles. The average molecular weight is 431 g/mol. The van der Waals surface area contributed by atoms with E-state index in [9.17, 15) is 0 Å². The Labute approximate surface area is 194 Å². The fourth-order valence-corrected chi connectivity index (χ4v) is 9.79. The zero-order chi connectivity index (χ0) is 22.6. The monoisotopic (exact) mass is 430 g/mol. The molecule has 0 bridgehead atoms. The van der Waals surface area contributed by atoms with Gasteiger partial charge in [0.15, 0.2) is 0 Å². The largest absolute Gasteiger partial charge is 0.295 e. The molecule has 2 saturated carbocycles. The van der Waals surface area contributed by atoms with Crippen LogP contribution >= 0.6 is 0 Å². The van der Waals surface area contributed by atoms with Crippen molar-refractivity contribution in [3.05, 3.63) is 0 Å². The van der Waals surface area contributed by atoms with E-state index in [-0.39, 0.29) is 0 Å². The summed E-state index contributed by atoms with van der Waals surface area (Å²) in [5.74, 6) is 5.71. The van der Waals surface area contributed by atoms with Crippen LogP contribution in [0.2, 0.25) is 0 Å². The van der Waals surface area contributed by atoms with E-state index in [0.717, 1.165) is 47.6 Å². The second kappa shape index (κ2) is 8.94. The molecule has 0 spiro atoms. The highest BCUT2D eigenvalue weighted by molar-refractivity contribution is 5.03. The molecule has 4 fully saturated rings. The van der Waals surface area contributed by atoms with Gasteiger partial charge in [-0.25, -0.2) is 0 Å². The first-order valence-electron chi connectivity index (χ1n) is 14.1. The standard InChI is InChI=1S/C29H54N2/c1-9-30-26-13-11-22(16-24(26)20(3)18-28(30,5)6)15-23-12-14-27-25(17-23)21(4)19-29(7,8)31(27)10-2/h20-27H,9-19H2,1-8H3. The van der Waals surface area contributed by atoms with Gasteiger partial charge in [-0.15, -0.1) is 0 Å². The number of fused-ring (bicyclic) bond motifs is 2. The molecule has 2 heterocycles. The third-order valence-electron chi connectivity index (χ3n) is 10.7. The van der Waals surface area contributed by atoms with E-state index in [2.05, 4.69) is 65.2 Å². The smallest absolute Gasteiger partial charge is 0.0158 e. The normalized spacial score (nSPS) is 45.7. The van der Waals surface area contributed by atoms with Crippen molar-refractivity contribution in [3.63, 3.8) is 0 Å². The van der Waals surface area contributed by atoms with Crippen molar-refractivity contribution < 1.29 is 0 Å². The Bertz CT molecular complexity index is 558. The molecule has 8 unspecified atom stereocenters. The molecule has 0 aromatic heterocycles. The Morgan fingerprint density at radius 3 is 1.39 bits per heavy atom. The Morgan fingerprint density at radius 2 is 1.03 bits per heavy atom. The molecule has 0 aromatic carbocycles. The number of hydrogen-bond acceptors (Lipinski definition) is 2. The van der Waals surface area contributed by atoms with Gasteiger partial charge >= 0.3 is 0 Å². The van der Waals surface area contributed by atoms with Gasteiger partial charge in [-0.1, -0.05) is 27.7 Å². The molecule has 4 rings (SSSR count). The van der Waals surface area contributed by atoms with E-state index in [1.807, 2.05) is 0 Å². The van der Waals surface area contributed by atoms with Crippen molar-refractivity contribution in [2.45, 2.75) is 136 Å². The van der Waals surface area contributed by atoms with Gasteiger partial charge in [-0.2, -0.15) is 0 Å². The Hall–Kier alpha value is -0.0800. The molecule has 0 aromatic rings. The molecule has 2 nitrogen and oxygen atoms in total. The van der Waals surface area contributed by atoms with E-state index in [0.29, 0.717) is 11.1 Å². The molecule has 2 aliphatic heterocycles. The van der Waals surface area contributed by atoms with Crippen molar-refractivity contribution in [3.8, 4) is 0 Å². The van der Waals surface area contributed by atoms with E-state index in [4.69, 9.17) is 0 Å². The van der Waals surface area contributed by atoms with Crippen molar-refractivity contribution in [1.82, 2.24) is 9.80 Å². The van der Waals surface area contributed by atoms with Gasteiger partial charge in [0.1, 0.15) is 0 Å². The van der Waals surface area contributed by atoms with E-state index < -0.39 is 0 Å². The number of piperidine rings is 2. The summed E-state index contributed by atoms with van der Waals surface area (Å²) >= 11 is 0. The molecular formula is C29H54N2. The Kier molecular flexibility index (Phi) is 6.93. The third-order valence-corrected chi connectivity index (χ3v) is 10.7. The highest BCUT2D eigenvalue weighted by Gasteiger charge is 2.49. The van der Waals surface area contributed by atoms with Crippen LogP contribution in [0.25, 0.3) is 0 Å². The first-order chi connectivity index (χ1) is 14.6. The number of rotatable bonds is 4. The molecule has 31 heavy (non-hydrogen) atoms. The topological polar surface area (TPSA) is 6.48 Å². The van der Waals surface area contributed by atoms with Crippen molar-refractivity contribution in [1.29, 1.82) is 0 Å². The number of hydrogen-bond donors (Lipinski definition) is 0. The zero-order valence-electron chi connectivity index (χ0n) is 22.3. The molecule has 2 aliphatic carbocycles. The van der Waals surface area contributed by atoms with Crippen LogP contribution in [0.3, 0.4) is 0 Å². The molecule has 180 valence electrons.